The van der Waals surface area contributed by atoms with Crippen LogP contribution in [0.15, 0.2) is 54.6 Å². The van der Waals surface area contributed by atoms with E-state index < -0.39 is 12.5 Å². The number of para-hydroxylation sites is 2. The molecule has 2 aromatic carbocycles. The molecule has 0 spiro atoms. The van der Waals surface area contributed by atoms with Crippen LogP contribution in [-0.4, -0.2) is 25.3 Å². The van der Waals surface area contributed by atoms with E-state index in [1.807, 2.05) is 30.3 Å². The van der Waals surface area contributed by atoms with E-state index in [1.165, 1.54) is 0 Å². The summed E-state index contributed by atoms with van der Waals surface area (Å²) in [5.74, 6) is -0.622. The molecule has 0 saturated heterocycles. The molecule has 154 valence electrons. The first-order valence-electron chi connectivity index (χ1n) is 9.44. The van der Waals surface area contributed by atoms with Gasteiger partial charge >= 0.3 is 12.5 Å². The summed E-state index contributed by atoms with van der Waals surface area (Å²) in [5.41, 5.74) is 3.28. The van der Waals surface area contributed by atoms with E-state index in [2.05, 4.69) is 10.1 Å². The van der Waals surface area contributed by atoms with Gasteiger partial charge in [-0.2, -0.15) is 13.9 Å². The second-order valence-electron chi connectivity index (χ2n) is 6.93. The highest BCUT2D eigenvalue weighted by molar-refractivity contribution is 5.91. The minimum absolute atomic E-state index is 0.00784. The van der Waals surface area contributed by atoms with Gasteiger partial charge in [0.2, 0.25) is 0 Å². The van der Waals surface area contributed by atoms with Crippen LogP contribution in [0.4, 0.5) is 8.78 Å². The lowest BCUT2D eigenvalue weighted by Gasteiger charge is -2.09. The van der Waals surface area contributed by atoms with E-state index in [1.54, 1.807) is 42.8 Å². The van der Waals surface area contributed by atoms with Crippen molar-refractivity contribution >= 4 is 17.0 Å². The van der Waals surface area contributed by atoms with E-state index in [9.17, 15) is 13.6 Å². The quantitative estimate of drug-likeness (QED) is 0.434. The lowest BCUT2D eigenvalue weighted by atomic mass is 10.2. The van der Waals surface area contributed by atoms with Gasteiger partial charge in [0.15, 0.2) is 5.82 Å². The number of aromatic nitrogens is 4. The van der Waals surface area contributed by atoms with Crippen LogP contribution >= 0.6 is 0 Å². The monoisotopic (exact) mass is 410 g/mol. The van der Waals surface area contributed by atoms with Crippen molar-refractivity contribution in [3.05, 3.63) is 82.9 Å². The van der Waals surface area contributed by atoms with Crippen LogP contribution in [-0.2, 0) is 17.9 Å². The molecule has 0 atom stereocenters. The highest BCUT2D eigenvalue weighted by atomic mass is 19.3. The average Bonchev–Trinajstić information content (AvgIpc) is 3.24. The number of carbonyl (C=O) groups is 1. The Morgan fingerprint density at radius 1 is 1.07 bits per heavy atom. The lowest BCUT2D eigenvalue weighted by molar-refractivity contribution is 0.0386. The Morgan fingerprint density at radius 2 is 1.77 bits per heavy atom. The molecule has 0 bridgehead atoms. The zero-order valence-electron chi connectivity index (χ0n) is 16.5. The second kappa shape index (κ2) is 8.06. The molecule has 0 N–H and O–H groups in total. The van der Waals surface area contributed by atoms with Crippen molar-refractivity contribution in [2.75, 3.05) is 0 Å². The molecule has 4 rings (SSSR count). The number of carbonyl (C=O) groups excluding carboxylic acids is 1. The Morgan fingerprint density at radius 3 is 2.50 bits per heavy atom. The minimum Gasteiger partial charge on any atom is -0.454 e. The van der Waals surface area contributed by atoms with E-state index >= 15 is 0 Å². The largest absolute Gasteiger partial charge is 0.454 e. The van der Waals surface area contributed by atoms with Crippen molar-refractivity contribution in [3.63, 3.8) is 0 Å². The Hall–Kier alpha value is -3.55. The van der Waals surface area contributed by atoms with E-state index in [4.69, 9.17) is 4.74 Å². The van der Waals surface area contributed by atoms with Gasteiger partial charge < -0.3 is 4.74 Å². The molecule has 0 fully saturated rings. The first-order chi connectivity index (χ1) is 14.5. The Balaban J connectivity index is 1.55. The third-order valence-electron chi connectivity index (χ3n) is 4.96. The normalized spacial score (nSPS) is 11.4. The standard InChI is InChI=1S/C22H20F2N4O2/c1-14-20(15(2)27(26-14)12-16-8-4-3-5-9-16)21(29)30-13-19-25-17-10-6-7-11-18(17)28(19)22(23)24/h3-11,22H,12-13H2,1-2H3. The van der Waals surface area contributed by atoms with Crippen molar-refractivity contribution in [1.29, 1.82) is 0 Å². The number of halogens is 2. The number of ether oxygens (including phenoxy) is 1. The number of alkyl halides is 2. The summed E-state index contributed by atoms with van der Waals surface area (Å²) >= 11 is 0. The smallest absolute Gasteiger partial charge is 0.342 e. The maximum atomic E-state index is 13.5. The van der Waals surface area contributed by atoms with Crippen LogP contribution in [0.1, 0.15) is 39.7 Å². The van der Waals surface area contributed by atoms with Crippen molar-refractivity contribution in [1.82, 2.24) is 19.3 Å². The van der Waals surface area contributed by atoms with Gasteiger partial charge in [-0.1, -0.05) is 42.5 Å². The molecule has 0 aliphatic carbocycles. The van der Waals surface area contributed by atoms with Crippen molar-refractivity contribution in [3.8, 4) is 0 Å². The van der Waals surface area contributed by atoms with E-state index in [0.717, 1.165) is 10.1 Å². The molecule has 0 radical (unpaired) electrons. The molecule has 8 heteroatoms. The van der Waals surface area contributed by atoms with Gasteiger partial charge in [0.25, 0.3) is 0 Å². The zero-order valence-corrected chi connectivity index (χ0v) is 16.5. The van der Waals surface area contributed by atoms with Crippen molar-refractivity contribution in [2.45, 2.75) is 33.5 Å². The highest BCUT2D eigenvalue weighted by Gasteiger charge is 2.23. The zero-order chi connectivity index (χ0) is 21.3. The van der Waals surface area contributed by atoms with E-state index in [0.29, 0.717) is 34.5 Å². The number of hydrogen-bond acceptors (Lipinski definition) is 4. The molecule has 4 aromatic rings. The van der Waals surface area contributed by atoms with E-state index in [-0.39, 0.29) is 12.4 Å². The van der Waals surface area contributed by atoms with Gasteiger partial charge in [0.05, 0.1) is 29.0 Å². The lowest BCUT2D eigenvalue weighted by Crippen LogP contribution is -2.12. The Labute approximate surface area is 171 Å². The van der Waals surface area contributed by atoms with Gasteiger partial charge in [0.1, 0.15) is 12.2 Å². The predicted octanol–water partition coefficient (Wildman–Crippen LogP) is 4.65. The van der Waals surface area contributed by atoms with Gasteiger partial charge in [-0.05, 0) is 31.5 Å². The maximum absolute atomic E-state index is 13.5. The fourth-order valence-corrected chi connectivity index (χ4v) is 3.52. The van der Waals surface area contributed by atoms with Gasteiger partial charge in [-0.3, -0.25) is 9.25 Å². The van der Waals surface area contributed by atoms with Crippen LogP contribution in [0.25, 0.3) is 11.0 Å². The van der Waals surface area contributed by atoms with Crippen LogP contribution in [0.5, 0.6) is 0 Å². The summed E-state index contributed by atoms with van der Waals surface area (Å²) in [5, 5.41) is 4.44. The number of aryl methyl sites for hydroxylation is 1. The van der Waals surface area contributed by atoms with Crippen LogP contribution in [0.3, 0.4) is 0 Å². The highest BCUT2D eigenvalue weighted by Crippen LogP contribution is 2.24. The summed E-state index contributed by atoms with van der Waals surface area (Å²) in [7, 11) is 0. The molecule has 0 saturated carbocycles. The molecule has 6 nitrogen and oxygen atoms in total. The number of hydrogen-bond donors (Lipinski definition) is 0. The first kappa shape index (κ1) is 19.8. The number of rotatable bonds is 6. The summed E-state index contributed by atoms with van der Waals surface area (Å²) < 4.78 is 35.0. The van der Waals surface area contributed by atoms with Crippen LogP contribution in [0, 0.1) is 13.8 Å². The molecule has 0 aliphatic rings. The number of esters is 1. The topological polar surface area (TPSA) is 61.9 Å². The molecule has 0 unspecified atom stereocenters. The SMILES string of the molecule is Cc1nn(Cc2ccccc2)c(C)c1C(=O)OCc1nc2ccccc2n1C(F)F. The minimum atomic E-state index is -2.79. The third kappa shape index (κ3) is 3.68. The van der Waals surface area contributed by atoms with Crippen LogP contribution < -0.4 is 0 Å². The molecule has 0 amide bonds. The molecule has 0 aliphatic heterocycles. The summed E-state index contributed by atoms with van der Waals surface area (Å²) in [4.78, 5) is 16.9. The maximum Gasteiger partial charge on any atom is 0.342 e. The number of benzene rings is 2. The van der Waals surface area contributed by atoms with Gasteiger partial charge in [-0.25, -0.2) is 9.78 Å². The number of fused-ring (bicyclic) bond motifs is 1. The average molecular weight is 410 g/mol. The van der Waals surface area contributed by atoms with Crippen molar-refractivity contribution < 1.29 is 18.3 Å². The van der Waals surface area contributed by atoms with Gasteiger partial charge in [0, 0.05) is 0 Å². The second-order valence-corrected chi connectivity index (χ2v) is 6.93. The molecular formula is C22H20F2N4O2. The van der Waals surface area contributed by atoms with Gasteiger partial charge in [-0.15, -0.1) is 0 Å². The van der Waals surface area contributed by atoms with Crippen LogP contribution in [0.2, 0.25) is 0 Å². The summed E-state index contributed by atoms with van der Waals surface area (Å²) in [6.07, 6.45) is 0. The predicted molar refractivity (Wildman–Crippen MR) is 107 cm³/mol. The Bertz CT molecular complexity index is 1200. The summed E-state index contributed by atoms with van der Waals surface area (Å²) in [6.45, 7) is 0.874. The first-order valence-corrected chi connectivity index (χ1v) is 9.44. The summed E-state index contributed by atoms with van der Waals surface area (Å²) in [6, 6.07) is 16.3. The van der Waals surface area contributed by atoms with Crippen molar-refractivity contribution in [2.24, 2.45) is 0 Å². The fourth-order valence-electron chi connectivity index (χ4n) is 3.52. The number of nitrogens with zero attached hydrogens (tertiary/aromatic N) is 4. The molecule has 2 heterocycles. The Kier molecular flexibility index (Phi) is 5.31. The fraction of sp³-hybridized carbons (Fsp3) is 0.227. The molecule has 2 aromatic heterocycles. The molecular weight excluding hydrogens is 390 g/mol. The molecule has 30 heavy (non-hydrogen) atoms. The third-order valence-corrected chi connectivity index (χ3v) is 4.96. The number of imidazole rings is 1.